The maximum Gasteiger partial charge on any atom is 0.0540 e. The summed E-state index contributed by atoms with van der Waals surface area (Å²) < 4.78 is 0. The molecular weight excluding hydrogens is 208 g/mol. The maximum absolute atomic E-state index is 9.92. The van der Waals surface area contributed by atoms with E-state index in [1.807, 2.05) is 0 Å². The van der Waals surface area contributed by atoms with Crippen molar-refractivity contribution in [2.24, 2.45) is 16.7 Å². The Labute approximate surface area is 108 Å². The Morgan fingerprint density at radius 1 is 1.06 bits per heavy atom. The van der Waals surface area contributed by atoms with Gasteiger partial charge in [0.2, 0.25) is 0 Å². The van der Waals surface area contributed by atoms with Crippen LogP contribution in [0.5, 0.6) is 0 Å². The van der Waals surface area contributed by atoms with Crippen LogP contribution in [0.4, 0.5) is 0 Å². The highest BCUT2D eigenvalue weighted by molar-refractivity contribution is 4.93. The van der Waals surface area contributed by atoms with Crippen LogP contribution in [0.1, 0.15) is 79.6 Å². The molecule has 1 N–H and O–H groups in total. The summed E-state index contributed by atoms with van der Waals surface area (Å²) in [6.45, 7) is 11.8. The van der Waals surface area contributed by atoms with Crippen LogP contribution in [-0.2, 0) is 0 Å². The summed E-state index contributed by atoms with van der Waals surface area (Å²) >= 11 is 0. The Morgan fingerprint density at radius 3 is 2.06 bits per heavy atom. The minimum atomic E-state index is -0.0754. The van der Waals surface area contributed by atoms with Crippen LogP contribution in [0.25, 0.3) is 0 Å². The molecule has 1 rings (SSSR count). The first-order valence-corrected chi connectivity index (χ1v) is 7.47. The van der Waals surface area contributed by atoms with E-state index < -0.39 is 0 Å². The zero-order valence-electron chi connectivity index (χ0n) is 12.6. The highest BCUT2D eigenvalue weighted by atomic mass is 16.3. The zero-order valence-corrected chi connectivity index (χ0v) is 12.6. The molecule has 0 saturated heterocycles. The molecule has 0 aromatic heterocycles. The molecular formula is C16H32O. The number of aliphatic hydroxyl groups is 1. The number of aliphatic hydroxyl groups excluding tert-OH is 1. The minimum absolute atomic E-state index is 0.0754. The van der Waals surface area contributed by atoms with E-state index in [4.69, 9.17) is 0 Å². The lowest BCUT2D eigenvalue weighted by atomic mass is 9.56. The molecule has 0 aromatic rings. The van der Waals surface area contributed by atoms with Crippen molar-refractivity contribution in [2.45, 2.75) is 85.7 Å². The largest absolute Gasteiger partial charge is 0.393 e. The van der Waals surface area contributed by atoms with Crippen molar-refractivity contribution in [3.63, 3.8) is 0 Å². The van der Waals surface area contributed by atoms with E-state index in [-0.39, 0.29) is 6.10 Å². The Morgan fingerprint density at radius 2 is 1.59 bits per heavy atom. The van der Waals surface area contributed by atoms with Gasteiger partial charge in [0.15, 0.2) is 0 Å². The molecule has 0 amide bonds. The van der Waals surface area contributed by atoms with Crippen molar-refractivity contribution in [1.29, 1.82) is 0 Å². The van der Waals surface area contributed by atoms with Crippen LogP contribution in [-0.4, -0.2) is 11.2 Å². The normalized spacial score (nSPS) is 25.8. The number of hydrogen-bond donors (Lipinski definition) is 1. The minimum Gasteiger partial charge on any atom is -0.393 e. The van der Waals surface area contributed by atoms with Gasteiger partial charge in [0.05, 0.1) is 6.10 Å². The molecule has 0 heterocycles. The molecule has 1 aliphatic carbocycles. The third kappa shape index (κ3) is 3.98. The lowest BCUT2D eigenvalue weighted by molar-refractivity contribution is -0.00193. The van der Waals surface area contributed by atoms with Crippen LogP contribution in [0.15, 0.2) is 0 Å². The number of hydrogen-bond acceptors (Lipinski definition) is 1. The summed E-state index contributed by atoms with van der Waals surface area (Å²) in [5.41, 5.74) is 0.904. The summed E-state index contributed by atoms with van der Waals surface area (Å²) in [6.07, 6.45) is 8.25. The maximum atomic E-state index is 9.92. The van der Waals surface area contributed by atoms with Crippen LogP contribution in [0.3, 0.4) is 0 Å². The fourth-order valence-electron chi connectivity index (χ4n) is 4.02. The SMILES string of the molecule is CCC[C@@H](O)CCC1C(C)(C)CCCC1(C)C. The second-order valence-corrected chi connectivity index (χ2v) is 7.40. The quantitative estimate of drug-likeness (QED) is 0.733. The first-order chi connectivity index (χ1) is 7.79. The number of rotatable bonds is 5. The Balaban J connectivity index is 2.58. The molecule has 1 fully saturated rings. The third-order valence-corrected chi connectivity index (χ3v) is 4.94. The smallest absolute Gasteiger partial charge is 0.0540 e. The highest BCUT2D eigenvalue weighted by Crippen LogP contribution is 2.52. The monoisotopic (exact) mass is 240 g/mol. The third-order valence-electron chi connectivity index (χ3n) is 4.94. The predicted octanol–water partition coefficient (Wildman–Crippen LogP) is 4.78. The Kier molecular flexibility index (Phi) is 5.07. The van der Waals surface area contributed by atoms with E-state index in [0.29, 0.717) is 10.8 Å². The van der Waals surface area contributed by atoms with Crippen molar-refractivity contribution in [3.8, 4) is 0 Å². The van der Waals surface area contributed by atoms with E-state index >= 15 is 0 Å². The highest BCUT2D eigenvalue weighted by Gasteiger charge is 2.43. The van der Waals surface area contributed by atoms with E-state index in [0.717, 1.165) is 25.2 Å². The summed E-state index contributed by atoms with van der Waals surface area (Å²) in [7, 11) is 0. The standard InChI is InChI=1S/C16H32O/c1-6-8-13(17)9-10-14-15(2,3)11-7-12-16(14,4)5/h13-14,17H,6-12H2,1-5H3/t13-/m1/s1. The van der Waals surface area contributed by atoms with Gasteiger partial charge in [-0.3, -0.25) is 0 Å². The summed E-state index contributed by atoms with van der Waals surface area (Å²) in [5, 5.41) is 9.92. The van der Waals surface area contributed by atoms with Gasteiger partial charge < -0.3 is 5.11 Å². The molecule has 0 radical (unpaired) electrons. The van der Waals surface area contributed by atoms with Crippen LogP contribution < -0.4 is 0 Å². The summed E-state index contributed by atoms with van der Waals surface area (Å²) in [6, 6.07) is 0. The van der Waals surface area contributed by atoms with Gasteiger partial charge in [-0.2, -0.15) is 0 Å². The van der Waals surface area contributed by atoms with Crippen molar-refractivity contribution in [1.82, 2.24) is 0 Å². The lowest BCUT2D eigenvalue weighted by Gasteiger charge is -2.49. The van der Waals surface area contributed by atoms with E-state index in [1.165, 1.54) is 25.7 Å². The van der Waals surface area contributed by atoms with Crippen molar-refractivity contribution < 1.29 is 5.11 Å². The molecule has 1 atom stereocenters. The summed E-state index contributed by atoms with van der Waals surface area (Å²) in [5.74, 6) is 0.759. The predicted molar refractivity (Wildman–Crippen MR) is 75.1 cm³/mol. The van der Waals surface area contributed by atoms with Crippen LogP contribution >= 0.6 is 0 Å². The molecule has 0 bridgehead atoms. The van der Waals surface area contributed by atoms with Crippen LogP contribution in [0, 0.1) is 16.7 Å². The van der Waals surface area contributed by atoms with Gasteiger partial charge in [-0.15, -0.1) is 0 Å². The molecule has 1 nitrogen and oxygen atoms in total. The second kappa shape index (κ2) is 5.73. The molecule has 17 heavy (non-hydrogen) atoms. The molecule has 1 heteroatoms. The second-order valence-electron chi connectivity index (χ2n) is 7.40. The lowest BCUT2D eigenvalue weighted by Crippen LogP contribution is -2.40. The fourth-order valence-corrected chi connectivity index (χ4v) is 4.02. The van der Waals surface area contributed by atoms with E-state index in [2.05, 4.69) is 34.6 Å². The first kappa shape index (κ1) is 15.0. The first-order valence-electron chi connectivity index (χ1n) is 7.47. The fraction of sp³-hybridized carbons (Fsp3) is 1.00. The molecule has 0 aliphatic heterocycles. The Hall–Kier alpha value is -0.0400. The van der Waals surface area contributed by atoms with Crippen molar-refractivity contribution >= 4 is 0 Å². The summed E-state index contributed by atoms with van der Waals surface area (Å²) in [4.78, 5) is 0. The molecule has 1 aliphatic rings. The molecule has 1 saturated carbocycles. The molecule has 0 spiro atoms. The zero-order chi connectivity index (χ0) is 13.1. The molecule has 0 unspecified atom stereocenters. The van der Waals surface area contributed by atoms with Gasteiger partial charge in [0.25, 0.3) is 0 Å². The molecule has 0 aromatic carbocycles. The topological polar surface area (TPSA) is 20.2 Å². The van der Waals surface area contributed by atoms with Crippen LogP contribution in [0.2, 0.25) is 0 Å². The average molecular weight is 240 g/mol. The van der Waals surface area contributed by atoms with E-state index in [1.54, 1.807) is 0 Å². The van der Waals surface area contributed by atoms with E-state index in [9.17, 15) is 5.11 Å². The van der Waals surface area contributed by atoms with Crippen molar-refractivity contribution in [2.75, 3.05) is 0 Å². The van der Waals surface area contributed by atoms with Gasteiger partial charge in [0, 0.05) is 0 Å². The van der Waals surface area contributed by atoms with Gasteiger partial charge >= 0.3 is 0 Å². The molecule has 102 valence electrons. The average Bonchev–Trinajstić information content (AvgIpc) is 2.15. The van der Waals surface area contributed by atoms with Gasteiger partial charge in [-0.1, -0.05) is 47.5 Å². The van der Waals surface area contributed by atoms with Gasteiger partial charge in [-0.05, 0) is 48.9 Å². The Bertz CT molecular complexity index is 214. The van der Waals surface area contributed by atoms with Gasteiger partial charge in [0.1, 0.15) is 0 Å². The van der Waals surface area contributed by atoms with Gasteiger partial charge in [-0.25, -0.2) is 0 Å². The van der Waals surface area contributed by atoms with Crippen molar-refractivity contribution in [3.05, 3.63) is 0 Å².